The molecule has 2 heteroatoms. The Morgan fingerprint density at radius 2 is 1.33 bits per heavy atom. The van der Waals surface area contributed by atoms with Crippen molar-refractivity contribution in [2.45, 2.75) is 75.8 Å². The van der Waals surface area contributed by atoms with Crippen LogP contribution in [0.1, 0.15) is 52.4 Å². The summed E-state index contributed by atoms with van der Waals surface area (Å²) in [6.07, 6.45) is 10.8. The molecule has 1 aliphatic carbocycles. The summed E-state index contributed by atoms with van der Waals surface area (Å²) >= 11 is 0. The van der Waals surface area contributed by atoms with Gasteiger partial charge in [0.2, 0.25) is 0 Å². The van der Waals surface area contributed by atoms with Gasteiger partial charge in [0.05, 0.1) is 23.4 Å². The van der Waals surface area contributed by atoms with Crippen LogP contribution >= 0.6 is 0 Å². The lowest BCUT2D eigenvalue weighted by atomic mass is 9.77. The first-order valence-electron chi connectivity index (χ1n) is 7.12. The van der Waals surface area contributed by atoms with Gasteiger partial charge < -0.3 is 9.47 Å². The molecule has 1 aliphatic heterocycles. The molecule has 0 N–H and O–H groups in total. The number of rotatable bonds is 4. The summed E-state index contributed by atoms with van der Waals surface area (Å²) in [7, 11) is 0. The molecule has 0 spiro atoms. The molecule has 18 heavy (non-hydrogen) atoms. The molecule has 1 saturated heterocycles. The van der Waals surface area contributed by atoms with Crippen molar-refractivity contribution in [3.05, 3.63) is 25.3 Å². The molecule has 0 aromatic rings. The van der Waals surface area contributed by atoms with Gasteiger partial charge in [0, 0.05) is 0 Å². The first kappa shape index (κ1) is 13.8. The third-order valence-corrected chi connectivity index (χ3v) is 4.65. The van der Waals surface area contributed by atoms with Crippen molar-refractivity contribution in [1.82, 2.24) is 0 Å². The van der Waals surface area contributed by atoms with Crippen LogP contribution in [0.2, 0.25) is 0 Å². The minimum Gasteiger partial charge on any atom is -0.366 e. The van der Waals surface area contributed by atoms with E-state index in [4.69, 9.17) is 9.47 Å². The van der Waals surface area contributed by atoms with Crippen molar-refractivity contribution in [3.8, 4) is 0 Å². The van der Waals surface area contributed by atoms with Crippen LogP contribution in [0, 0.1) is 0 Å². The molecule has 2 nitrogen and oxygen atoms in total. The van der Waals surface area contributed by atoms with E-state index in [1.807, 2.05) is 12.2 Å². The molecule has 2 fully saturated rings. The van der Waals surface area contributed by atoms with Gasteiger partial charge in [0.25, 0.3) is 0 Å². The van der Waals surface area contributed by atoms with Crippen LogP contribution in [-0.4, -0.2) is 23.4 Å². The maximum atomic E-state index is 6.44. The van der Waals surface area contributed by atoms with Crippen LogP contribution in [0.3, 0.4) is 0 Å². The Morgan fingerprint density at radius 1 is 0.944 bits per heavy atom. The third kappa shape index (κ3) is 2.28. The number of fused-ring (bicyclic) bond motifs is 1. The van der Waals surface area contributed by atoms with Crippen molar-refractivity contribution in [2.75, 3.05) is 0 Å². The molecule has 0 amide bonds. The Labute approximate surface area is 111 Å². The quantitative estimate of drug-likeness (QED) is 0.702. The van der Waals surface area contributed by atoms with Crippen molar-refractivity contribution >= 4 is 0 Å². The molecule has 0 aromatic carbocycles. The molecule has 0 bridgehead atoms. The van der Waals surface area contributed by atoms with Crippen molar-refractivity contribution in [1.29, 1.82) is 0 Å². The summed E-state index contributed by atoms with van der Waals surface area (Å²) in [5.74, 6) is 0. The summed E-state index contributed by atoms with van der Waals surface area (Å²) in [5, 5.41) is 0. The van der Waals surface area contributed by atoms with Gasteiger partial charge in [0.1, 0.15) is 0 Å². The topological polar surface area (TPSA) is 18.5 Å². The van der Waals surface area contributed by atoms with Gasteiger partial charge in [-0.15, -0.1) is 13.2 Å². The van der Waals surface area contributed by atoms with Crippen LogP contribution in [0.25, 0.3) is 0 Å². The lowest BCUT2D eigenvalue weighted by Gasteiger charge is -2.55. The second kappa shape index (κ2) is 5.18. The van der Waals surface area contributed by atoms with E-state index in [0.29, 0.717) is 0 Å². The smallest absolute Gasteiger partial charge is 0.0982 e. The summed E-state index contributed by atoms with van der Waals surface area (Å²) < 4.78 is 12.9. The fraction of sp³-hybridized carbons (Fsp3) is 0.750. The van der Waals surface area contributed by atoms with Gasteiger partial charge in [-0.25, -0.2) is 0 Å². The fourth-order valence-corrected chi connectivity index (χ4v) is 3.33. The van der Waals surface area contributed by atoms with Gasteiger partial charge in [-0.2, -0.15) is 0 Å². The fourth-order valence-electron chi connectivity index (χ4n) is 3.33. The molecule has 0 radical (unpaired) electrons. The highest BCUT2D eigenvalue weighted by Gasteiger charge is 2.53. The zero-order valence-corrected chi connectivity index (χ0v) is 11.8. The number of hydrogen-bond acceptors (Lipinski definition) is 2. The highest BCUT2D eigenvalue weighted by molar-refractivity contribution is 5.07. The van der Waals surface area contributed by atoms with E-state index in [1.54, 1.807) is 0 Å². The molecular weight excluding hydrogens is 224 g/mol. The zero-order chi connectivity index (χ0) is 13.2. The highest BCUT2D eigenvalue weighted by atomic mass is 16.6. The number of hydrogen-bond donors (Lipinski definition) is 0. The summed E-state index contributed by atoms with van der Waals surface area (Å²) in [6, 6.07) is 0. The normalized spacial score (nSPS) is 44.1. The minimum atomic E-state index is -0.290. The summed E-state index contributed by atoms with van der Waals surface area (Å²) in [6.45, 7) is 12.0. The van der Waals surface area contributed by atoms with Crippen molar-refractivity contribution in [2.24, 2.45) is 0 Å². The van der Waals surface area contributed by atoms with E-state index in [9.17, 15) is 0 Å². The van der Waals surface area contributed by atoms with Gasteiger partial charge >= 0.3 is 0 Å². The van der Waals surface area contributed by atoms with Gasteiger partial charge in [-0.05, 0) is 39.5 Å². The molecule has 1 heterocycles. The molecule has 2 rings (SSSR count). The minimum absolute atomic E-state index is 0.265. The molecule has 4 atom stereocenters. The molecule has 2 aliphatic rings. The Bertz CT molecular complexity index is 293. The predicted octanol–water partition coefficient (Wildman–Crippen LogP) is 4.01. The van der Waals surface area contributed by atoms with E-state index in [0.717, 1.165) is 25.7 Å². The largest absolute Gasteiger partial charge is 0.366 e. The third-order valence-electron chi connectivity index (χ3n) is 4.65. The van der Waals surface area contributed by atoms with Gasteiger partial charge in [-0.1, -0.05) is 25.0 Å². The second-order valence-electron chi connectivity index (χ2n) is 6.04. The maximum Gasteiger partial charge on any atom is 0.0982 e. The average molecular weight is 250 g/mol. The van der Waals surface area contributed by atoms with Crippen LogP contribution in [0.15, 0.2) is 25.3 Å². The summed E-state index contributed by atoms with van der Waals surface area (Å²) in [5.41, 5.74) is -0.580. The molecule has 0 aromatic heterocycles. The van der Waals surface area contributed by atoms with E-state index >= 15 is 0 Å². The maximum absolute atomic E-state index is 6.44. The molecule has 0 unspecified atom stereocenters. The van der Waals surface area contributed by atoms with E-state index in [-0.39, 0.29) is 23.4 Å². The lowest BCUT2D eigenvalue weighted by Crippen LogP contribution is -2.63. The van der Waals surface area contributed by atoms with E-state index in [1.165, 1.54) is 12.8 Å². The Morgan fingerprint density at radius 3 is 1.67 bits per heavy atom. The SMILES string of the molecule is C=CC[C@]1(C)O[C@H]2CCCC[C@@H]2O[C@@]1(C)CC=C. The van der Waals surface area contributed by atoms with Crippen LogP contribution in [-0.2, 0) is 9.47 Å². The first-order valence-corrected chi connectivity index (χ1v) is 7.12. The van der Waals surface area contributed by atoms with Crippen LogP contribution < -0.4 is 0 Å². The Balaban J connectivity index is 2.24. The number of ether oxygens (including phenoxy) is 2. The first-order chi connectivity index (χ1) is 8.54. The van der Waals surface area contributed by atoms with E-state index in [2.05, 4.69) is 27.0 Å². The van der Waals surface area contributed by atoms with Gasteiger partial charge in [-0.3, -0.25) is 0 Å². The highest BCUT2D eigenvalue weighted by Crippen LogP contribution is 2.45. The van der Waals surface area contributed by atoms with Crippen LogP contribution in [0.5, 0.6) is 0 Å². The molecular formula is C16H26O2. The molecule has 1 saturated carbocycles. The Hall–Kier alpha value is -0.600. The van der Waals surface area contributed by atoms with Crippen molar-refractivity contribution in [3.63, 3.8) is 0 Å². The molecule has 102 valence electrons. The van der Waals surface area contributed by atoms with Crippen molar-refractivity contribution < 1.29 is 9.47 Å². The Kier molecular flexibility index (Phi) is 3.98. The monoisotopic (exact) mass is 250 g/mol. The zero-order valence-electron chi connectivity index (χ0n) is 11.8. The van der Waals surface area contributed by atoms with Crippen LogP contribution in [0.4, 0.5) is 0 Å². The van der Waals surface area contributed by atoms with E-state index < -0.39 is 0 Å². The average Bonchev–Trinajstić information content (AvgIpc) is 2.31. The van der Waals surface area contributed by atoms with Gasteiger partial charge in [0.15, 0.2) is 0 Å². The standard InChI is InChI=1S/C16H26O2/c1-5-11-15(3)16(4,12-6-2)18-14-10-8-7-9-13(14)17-15/h5-6,13-14H,1-2,7-12H2,3-4H3/t13-,14-,15-,16-/m0/s1. The predicted molar refractivity (Wildman–Crippen MR) is 74.7 cm³/mol. The summed E-state index contributed by atoms with van der Waals surface area (Å²) in [4.78, 5) is 0. The second-order valence-corrected chi connectivity index (χ2v) is 6.04. The lowest BCUT2D eigenvalue weighted by molar-refractivity contribution is -0.311.